The Bertz CT molecular complexity index is 1260. The fraction of sp³-hybridized carbons (Fsp3) is 0.136. The first-order valence-electron chi connectivity index (χ1n) is 9.51. The number of hydrogen-bond donors (Lipinski definition) is 1. The lowest BCUT2D eigenvalue weighted by atomic mass is 10.2. The van der Waals surface area contributed by atoms with Crippen molar-refractivity contribution >= 4 is 22.4 Å². The lowest BCUT2D eigenvalue weighted by Gasteiger charge is -2.14. The van der Waals surface area contributed by atoms with Crippen molar-refractivity contribution in [1.82, 2.24) is 15.0 Å². The predicted octanol–water partition coefficient (Wildman–Crippen LogP) is 5.87. The molecule has 0 aliphatic heterocycles. The van der Waals surface area contributed by atoms with Gasteiger partial charge >= 0.3 is 6.36 Å². The van der Waals surface area contributed by atoms with Crippen LogP contribution in [-0.4, -0.2) is 27.9 Å². The standard InChI is InChI=1S/C22H16F4N4O2/c1-2-31-14-8-9-18-17(12-14)21(30-20(29-18)16-7-4-10-27-19(16)23)28-13-5-3-6-15(11-13)32-22(24,25)26/h3-12H,2H2,1H3,(H,28,29,30). The number of nitrogens with zero attached hydrogens (tertiary/aromatic N) is 3. The molecule has 164 valence electrons. The van der Waals surface area contributed by atoms with Crippen molar-refractivity contribution in [2.45, 2.75) is 13.3 Å². The summed E-state index contributed by atoms with van der Waals surface area (Å²) in [4.78, 5) is 12.5. The molecule has 6 nitrogen and oxygen atoms in total. The Hall–Kier alpha value is -3.95. The topological polar surface area (TPSA) is 69.2 Å². The van der Waals surface area contributed by atoms with E-state index in [1.165, 1.54) is 30.5 Å². The molecule has 0 fully saturated rings. The summed E-state index contributed by atoms with van der Waals surface area (Å²) in [6, 6.07) is 13.4. The first-order chi connectivity index (χ1) is 15.3. The molecule has 2 aromatic carbocycles. The molecular weight excluding hydrogens is 428 g/mol. The first-order valence-corrected chi connectivity index (χ1v) is 9.51. The van der Waals surface area contributed by atoms with Gasteiger partial charge < -0.3 is 14.8 Å². The van der Waals surface area contributed by atoms with Crippen LogP contribution in [0.25, 0.3) is 22.3 Å². The van der Waals surface area contributed by atoms with E-state index in [1.54, 1.807) is 30.3 Å². The zero-order chi connectivity index (χ0) is 22.7. The van der Waals surface area contributed by atoms with Gasteiger partial charge in [-0.1, -0.05) is 6.07 Å². The lowest BCUT2D eigenvalue weighted by Crippen LogP contribution is -2.17. The zero-order valence-electron chi connectivity index (χ0n) is 16.7. The minimum Gasteiger partial charge on any atom is -0.494 e. The molecule has 10 heteroatoms. The minimum absolute atomic E-state index is 0.0671. The highest BCUT2D eigenvalue weighted by atomic mass is 19.4. The van der Waals surface area contributed by atoms with E-state index in [9.17, 15) is 17.6 Å². The van der Waals surface area contributed by atoms with Crippen LogP contribution in [0.5, 0.6) is 11.5 Å². The molecule has 0 atom stereocenters. The summed E-state index contributed by atoms with van der Waals surface area (Å²) in [5.41, 5.74) is 0.846. The van der Waals surface area contributed by atoms with Crippen molar-refractivity contribution in [3.63, 3.8) is 0 Å². The van der Waals surface area contributed by atoms with Crippen molar-refractivity contribution in [3.05, 3.63) is 66.7 Å². The Morgan fingerprint density at radius 2 is 1.81 bits per heavy atom. The fourth-order valence-electron chi connectivity index (χ4n) is 3.04. The second-order valence-electron chi connectivity index (χ2n) is 6.55. The summed E-state index contributed by atoms with van der Waals surface area (Å²) >= 11 is 0. The van der Waals surface area contributed by atoms with Crippen LogP contribution < -0.4 is 14.8 Å². The van der Waals surface area contributed by atoms with E-state index in [1.807, 2.05) is 6.92 Å². The van der Waals surface area contributed by atoms with Gasteiger partial charge in [0.15, 0.2) is 5.82 Å². The number of anilines is 2. The molecule has 0 bridgehead atoms. The maximum atomic E-state index is 14.3. The summed E-state index contributed by atoms with van der Waals surface area (Å²) in [6.45, 7) is 2.27. The van der Waals surface area contributed by atoms with Gasteiger partial charge in [0.05, 0.1) is 17.7 Å². The van der Waals surface area contributed by atoms with Crippen molar-refractivity contribution in [2.24, 2.45) is 0 Å². The Labute approximate surface area is 179 Å². The van der Waals surface area contributed by atoms with Crippen LogP contribution in [0.3, 0.4) is 0 Å². The van der Waals surface area contributed by atoms with E-state index in [-0.39, 0.29) is 22.9 Å². The monoisotopic (exact) mass is 444 g/mol. The maximum absolute atomic E-state index is 14.3. The molecule has 0 aliphatic carbocycles. The van der Waals surface area contributed by atoms with E-state index in [2.05, 4.69) is 25.0 Å². The molecule has 4 aromatic rings. The van der Waals surface area contributed by atoms with Gasteiger partial charge in [0, 0.05) is 23.3 Å². The second kappa shape index (κ2) is 8.66. The number of pyridine rings is 1. The Morgan fingerprint density at radius 1 is 0.969 bits per heavy atom. The third-order valence-electron chi connectivity index (χ3n) is 4.31. The van der Waals surface area contributed by atoms with Gasteiger partial charge in [0.25, 0.3) is 0 Å². The molecule has 0 amide bonds. The van der Waals surface area contributed by atoms with Gasteiger partial charge in [-0.2, -0.15) is 4.39 Å². The van der Waals surface area contributed by atoms with E-state index in [0.29, 0.717) is 23.3 Å². The van der Waals surface area contributed by atoms with Crippen LogP contribution >= 0.6 is 0 Å². The Morgan fingerprint density at radius 3 is 2.56 bits per heavy atom. The molecule has 0 aliphatic rings. The average molecular weight is 444 g/mol. The van der Waals surface area contributed by atoms with E-state index in [0.717, 1.165) is 0 Å². The fourth-order valence-corrected chi connectivity index (χ4v) is 3.04. The second-order valence-corrected chi connectivity index (χ2v) is 6.55. The average Bonchev–Trinajstić information content (AvgIpc) is 2.73. The molecule has 2 heterocycles. The van der Waals surface area contributed by atoms with Crippen LogP contribution in [0.15, 0.2) is 60.8 Å². The maximum Gasteiger partial charge on any atom is 0.573 e. The number of fused-ring (bicyclic) bond motifs is 1. The molecule has 0 spiro atoms. The normalized spacial score (nSPS) is 11.4. The summed E-state index contributed by atoms with van der Waals surface area (Å²) in [6.07, 6.45) is -3.52. The van der Waals surface area contributed by atoms with E-state index >= 15 is 0 Å². The number of rotatable bonds is 6. The van der Waals surface area contributed by atoms with Gasteiger partial charge in [-0.25, -0.2) is 15.0 Å². The number of hydrogen-bond acceptors (Lipinski definition) is 6. The summed E-state index contributed by atoms with van der Waals surface area (Å²) < 4.78 is 61.5. The van der Waals surface area contributed by atoms with E-state index < -0.39 is 18.1 Å². The van der Waals surface area contributed by atoms with Gasteiger partial charge in [-0.3, -0.25) is 0 Å². The molecule has 0 radical (unpaired) electrons. The molecule has 4 rings (SSSR count). The molecule has 32 heavy (non-hydrogen) atoms. The third kappa shape index (κ3) is 4.85. The van der Waals surface area contributed by atoms with Crippen molar-refractivity contribution < 1.29 is 27.0 Å². The van der Waals surface area contributed by atoms with Crippen molar-refractivity contribution in [1.29, 1.82) is 0 Å². The quantitative estimate of drug-likeness (QED) is 0.296. The molecule has 1 N–H and O–H groups in total. The van der Waals surface area contributed by atoms with E-state index in [4.69, 9.17) is 4.74 Å². The largest absolute Gasteiger partial charge is 0.573 e. The van der Waals surface area contributed by atoms with Gasteiger partial charge in [-0.05, 0) is 49.4 Å². The zero-order valence-corrected chi connectivity index (χ0v) is 16.7. The van der Waals surface area contributed by atoms with Crippen LogP contribution in [0.1, 0.15) is 6.92 Å². The first kappa shape index (κ1) is 21.3. The predicted molar refractivity (Wildman–Crippen MR) is 110 cm³/mol. The molecule has 0 saturated heterocycles. The number of nitrogens with one attached hydrogen (secondary N) is 1. The number of benzene rings is 2. The van der Waals surface area contributed by atoms with Gasteiger partial charge in [0.1, 0.15) is 17.3 Å². The Balaban J connectivity index is 1.81. The number of ether oxygens (including phenoxy) is 2. The van der Waals surface area contributed by atoms with Gasteiger partial charge in [-0.15, -0.1) is 13.2 Å². The molecule has 0 saturated carbocycles. The van der Waals surface area contributed by atoms with Crippen molar-refractivity contribution in [2.75, 3.05) is 11.9 Å². The van der Waals surface area contributed by atoms with Crippen LogP contribution in [0.4, 0.5) is 29.1 Å². The molecule has 0 unspecified atom stereocenters. The summed E-state index contributed by atoms with van der Waals surface area (Å²) in [7, 11) is 0. The van der Waals surface area contributed by atoms with Crippen LogP contribution in [0.2, 0.25) is 0 Å². The van der Waals surface area contributed by atoms with Gasteiger partial charge in [0.2, 0.25) is 5.95 Å². The highest BCUT2D eigenvalue weighted by molar-refractivity contribution is 5.93. The number of halogens is 4. The highest BCUT2D eigenvalue weighted by Crippen LogP contribution is 2.32. The molecule has 2 aromatic heterocycles. The van der Waals surface area contributed by atoms with Crippen LogP contribution in [0, 0.1) is 5.95 Å². The smallest absolute Gasteiger partial charge is 0.494 e. The summed E-state index contributed by atoms with van der Waals surface area (Å²) in [5, 5.41) is 3.51. The lowest BCUT2D eigenvalue weighted by molar-refractivity contribution is -0.274. The number of alkyl halides is 3. The minimum atomic E-state index is -4.82. The number of aromatic nitrogens is 3. The highest BCUT2D eigenvalue weighted by Gasteiger charge is 2.31. The molecular formula is C22H16F4N4O2. The summed E-state index contributed by atoms with van der Waals surface area (Å²) in [5.74, 6) is -0.267. The third-order valence-corrected chi connectivity index (χ3v) is 4.31. The van der Waals surface area contributed by atoms with Crippen LogP contribution in [-0.2, 0) is 0 Å². The Kier molecular flexibility index (Phi) is 5.76. The van der Waals surface area contributed by atoms with Crippen molar-refractivity contribution in [3.8, 4) is 22.9 Å². The SMILES string of the molecule is CCOc1ccc2nc(-c3cccnc3F)nc(Nc3cccc(OC(F)(F)F)c3)c2c1.